The highest BCUT2D eigenvalue weighted by Gasteiger charge is 2.12. The monoisotopic (exact) mass is 201 g/mol. The van der Waals surface area contributed by atoms with Crippen molar-refractivity contribution in [2.75, 3.05) is 7.11 Å². The highest BCUT2D eigenvalue weighted by molar-refractivity contribution is 7.13. The normalized spacial score (nSPS) is 12.5. The minimum atomic E-state index is -0.417. The van der Waals surface area contributed by atoms with Crippen LogP contribution in [0.5, 0.6) is 5.19 Å². The third-order valence-electron chi connectivity index (χ3n) is 1.46. The third-order valence-corrected chi connectivity index (χ3v) is 2.55. The van der Waals surface area contributed by atoms with Crippen LogP contribution in [0.4, 0.5) is 0 Å². The van der Waals surface area contributed by atoms with E-state index in [4.69, 9.17) is 16.2 Å². The van der Waals surface area contributed by atoms with Crippen molar-refractivity contribution in [1.82, 2.24) is 4.98 Å². The molecule has 1 aromatic heterocycles. The predicted octanol–water partition coefficient (Wildman–Crippen LogP) is 0.0269. The first-order valence-corrected chi connectivity index (χ1v) is 4.48. The van der Waals surface area contributed by atoms with E-state index in [9.17, 15) is 4.79 Å². The van der Waals surface area contributed by atoms with Crippen LogP contribution in [0.2, 0.25) is 0 Å². The first kappa shape index (κ1) is 9.94. The zero-order valence-electron chi connectivity index (χ0n) is 7.19. The van der Waals surface area contributed by atoms with Gasteiger partial charge in [-0.3, -0.25) is 4.79 Å². The van der Waals surface area contributed by atoms with Gasteiger partial charge in [-0.1, -0.05) is 11.3 Å². The topological polar surface area (TPSA) is 91.2 Å². The summed E-state index contributed by atoms with van der Waals surface area (Å²) in [5.41, 5.74) is 10.7. The Labute approximate surface area is 79.7 Å². The lowest BCUT2D eigenvalue weighted by Gasteiger charge is -2.04. The van der Waals surface area contributed by atoms with E-state index < -0.39 is 5.91 Å². The van der Waals surface area contributed by atoms with Crippen molar-refractivity contribution >= 4 is 17.2 Å². The van der Waals surface area contributed by atoms with Gasteiger partial charge in [0.25, 0.3) is 5.19 Å². The summed E-state index contributed by atoms with van der Waals surface area (Å²) in [5.74, 6) is -0.417. The number of carbonyl (C=O) groups is 1. The molecular formula is C7H11N3O2S. The van der Waals surface area contributed by atoms with Gasteiger partial charge in [-0.25, -0.2) is 4.98 Å². The average molecular weight is 201 g/mol. The van der Waals surface area contributed by atoms with Crippen LogP contribution in [-0.4, -0.2) is 18.0 Å². The number of nitrogens with two attached hydrogens (primary N) is 2. The van der Waals surface area contributed by atoms with E-state index in [1.807, 2.05) is 0 Å². The van der Waals surface area contributed by atoms with E-state index in [1.165, 1.54) is 18.4 Å². The van der Waals surface area contributed by atoms with Crippen LogP contribution < -0.4 is 16.2 Å². The Kier molecular flexibility index (Phi) is 3.21. The lowest BCUT2D eigenvalue weighted by Crippen LogP contribution is -2.19. The molecule has 0 bridgehead atoms. The van der Waals surface area contributed by atoms with Gasteiger partial charge in [0.05, 0.1) is 7.11 Å². The van der Waals surface area contributed by atoms with Crippen molar-refractivity contribution in [1.29, 1.82) is 0 Å². The molecule has 0 aliphatic heterocycles. The van der Waals surface area contributed by atoms with Gasteiger partial charge in [0, 0.05) is 23.5 Å². The number of amides is 1. The second kappa shape index (κ2) is 4.20. The third kappa shape index (κ3) is 2.67. The molecule has 5 nitrogen and oxygen atoms in total. The molecule has 0 saturated carbocycles. The van der Waals surface area contributed by atoms with Crippen molar-refractivity contribution in [2.45, 2.75) is 12.5 Å². The van der Waals surface area contributed by atoms with E-state index in [2.05, 4.69) is 4.98 Å². The number of hydrogen-bond acceptors (Lipinski definition) is 5. The lowest BCUT2D eigenvalue weighted by molar-refractivity contribution is -0.118. The molecule has 1 atom stereocenters. The first-order chi connectivity index (χ1) is 6.13. The van der Waals surface area contributed by atoms with Crippen molar-refractivity contribution in [3.8, 4) is 5.19 Å². The van der Waals surface area contributed by atoms with E-state index >= 15 is 0 Å². The molecule has 0 radical (unpaired) electrons. The van der Waals surface area contributed by atoms with Crippen LogP contribution in [0.15, 0.2) is 6.20 Å². The molecule has 4 N–H and O–H groups in total. The average Bonchev–Trinajstić information content (AvgIpc) is 2.50. The number of rotatable bonds is 4. The van der Waals surface area contributed by atoms with E-state index in [0.29, 0.717) is 5.19 Å². The van der Waals surface area contributed by atoms with Crippen LogP contribution >= 0.6 is 11.3 Å². The summed E-state index contributed by atoms with van der Waals surface area (Å²) in [6.45, 7) is 0. The highest BCUT2D eigenvalue weighted by Crippen LogP contribution is 2.25. The van der Waals surface area contributed by atoms with Crippen molar-refractivity contribution in [3.63, 3.8) is 0 Å². The summed E-state index contributed by atoms with van der Waals surface area (Å²) in [7, 11) is 1.53. The molecule has 72 valence electrons. The number of aromatic nitrogens is 1. The van der Waals surface area contributed by atoms with Gasteiger partial charge in [0.15, 0.2) is 0 Å². The first-order valence-electron chi connectivity index (χ1n) is 3.67. The molecule has 0 aromatic carbocycles. The number of thiazole rings is 1. The maximum Gasteiger partial charge on any atom is 0.273 e. The Balaban J connectivity index is 2.65. The molecule has 0 spiro atoms. The van der Waals surface area contributed by atoms with Crippen LogP contribution in [-0.2, 0) is 4.79 Å². The molecule has 13 heavy (non-hydrogen) atoms. The maximum atomic E-state index is 10.6. The van der Waals surface area contributed by atoms with E-state index in [0.717, 1.165) is 4.88 Å². The smallest absolute Gasteiger partial charge is 0.273 e. The SMILES string of the molecule is COc1ncc([C@@H](N)CC(N)=O)s1. The number of ether oxygens (including phenoxy) is 1. The van der Waals surface area contributed by atoms with Gasteiger partial charge in [0.1, 0.15) is 0 Å². The molecule has 0 saturated heterocycles. The Morgan fingerprint density at radius 1 is 1.85 bits per heavy atom. The van der Waals surface area contributed by atoms with Gasteiger partial charge >= 0.3 is 0 Å². The summed E-state index contributed by atoms with van der Waals surface area (Å²) in [5, 5.41) is 0.537. The molecule has 1 amide bonds. The van der Waals surface area contributed by atoms with Gasteiger partial charge in [-0.05, 0) is 0 Å². The fourth-order valence-electron chi connectivity index (χ4n) is 0.853. The van der Waals surface area contributed by atoms with E-state index in [1.54, 1.807) is 6.20 Å². The van der Waals surface area contributed by atoms with Gasteiger partial charge in [0.2, 0.25) is 5.91 Å². The minimum Gasteiger partial charge on any atom is -0.473 e. The fourth-order valence-corrected chi connectivity index (χ4v) is 1.58. The van der Waals surface area contributed by atoms with Gasteiger partial charge in [-0.2, -0.15) is 0 Å². The lowest BCUT2D eigenvalue weighted by atomic mass is 10.2. The van der Waals surface area contributed by atoms with E-state index in [-0.39, 0.29) is 12.5 Å². The second-order valence-corrected chi connectivity index (χ2v) is 3.53. The van der Waals surface area contributed by atoms with Crippen molar-refractivity contribution in [3.05, 3.63) is 11.1 Å². The molecule has 1 rings (SSSR count). The minimum absolute atomic E-state index is 0.130. The Morgan fingerprint density at radius 2 is 2.54 bits per heavy atom. The van der Waals surface area contributed by atoms with Gasteiger partial charge in [-0.15, -0.1) is 0 Å². The fraction of sp³-hybridized carbons (Fsp3) is 0.429. The predicted molar refractivity (Wildman–Crippen MR) is 49.4 cm³/mol. The summed E-state index contributed by atoms with van der Waals surface area (Å²) in [6, 6.07) is -0.376. The van der Waals surface area contributed by atoms with Crippen LogP contribution in [0.25, 0.3) is 0 Å². The molecule has 0 aliphatic carbocycles. The van der Waals surface area contributed by atoms with Crippen molar-refractivity contribution in [2.24, 2.45) is 11.5 Å². The number of carbonyl (C=O) groups excluding carboxylic acids is 1. The molecule has 0 unspecified atom stereocenters. The standard InChI is InChI=1S/C7H11N3O2S/c1-12-7-10-3-5(13-7)4(8)2-6(9)11/h3-4H,2,8H2,1H3,(H2,9,11)/t4-/m0/s1. The zero-order chi connectivity index (χ0) is 9.84. The van der Waals surface area contributed by atoms with Crippen molar-refractivity contribution < 1.29 is 9.53 Å². The molecule has 1 heterocycles. The summed E-state index contributed by atoms with van der Waals surface area (Å²) in [4.78, 5) is 15.3. The zero-order valence-corrected chi connectivity index (χ0v) is 8.00. The molecular weight excluding hydrogens is 190 g/mol. The molecule has 0 fully saturated rings. The Hall–Kier alpha value is -1.14. The summed E-state index contributed by atoms with van der Waals surface area (Å²) in [6.07, 6.45) is 1.72. The largest absolute Gasteiger partial charge is 0.473 e. The molecule has 6 heteroatoms. The number of nitrogens with zero attached hydrogens (tertiary/aromatic N) is 1. The Morgan fingerprint density at radius 3 is 3.00 bits per heavy atom. The number of primary amides is 1. The quantitative estimate of drug-likeness (QED) is 0.718. The van der Waals surface area contributed by atoms with Crippen LogP contribution in [0.3, 0.4) is 0 Å². The summed E-state index contributed by atoms with van der Waals surface area (Å²) >= 11 is 1.32. The van der Waals surface area contributed by atoms with Crippen LogP contribution in [0, 0.1) is 0 Å². The van der Waals surface area contributed by atoms with Crippen LogP contribution in [0.1, 0.15) is 17.3 Å². The highest BCUT2D eigenvalue weighted by atomic mass is 32.1. The maximum absolute atomic E-state index is 10.6. The number of methoxy groups -OCH3 is 1. The number of hydrogen-bond donors (Lipinski definition) is 2. The Bertz CT molecular complexity index is 300. The molecule has 1 aromatic rings. The second-order valence-electron chi connectivity index (χ2n) is 2.51. The molecule has 0 aliphatic rings. The van der Waals surface area contributed by atoms with Gasteiger partial charge < -0.3 is 16.2 Å². The summed E-state index contributed by atoms with van der Waals surface area (Å²) < 4.78 is 4.89.